The maximum atomic E-state index is 2.50. The van der Waals surface area contributed by atoms with E-state index >= 15 is 0 Å². The first kappa shape index (κ1) is 9.41. The molecule has 0 radical (unpaired) electrons. The normalized spacial score (nSPS) is 35.2. The molecule has 1 aliphatic heterocycles. The summed E-state index contributed by atoms with van der Waals surface area (Å²) in [5.41, 5.74) is 4.71. The molecular weight excluding hydrogens is 182 g/mol. The van der Waals surface area contributed by atoms with Crippen LogP contribution in [0.4, 0.5) is 0 Å². The standard InChI is InChI=1S/C14H19N/c1-10-4-3-5-11(6-10)14-8-13-7-12(14)9-15(13)2/h5-6,8,12-13H,3-4,7,9H2,1-2H3/t12?,13-/m1/s1. The molecule has 0 aromatic heterocycles. The van der Waals surface area contributed by atoms with E-state index in [1.807, 2.05) is 0 Å². The molecule has 1 fully saturated rings. The van der Waals surface area contributed by atoms with Crippen LogP contribution in [0.3, 0.4) is 0 Å². The molecule has 0 amide bonds. The molecule has 15 heavy (non-hydrogen) atoms. The Morgan fingerprint density at radius 1 is 1.40 bits per heavy atom. The first-order valence-corrected chi connectivity index (χ1v) is 6.03. The maximum absolute atomic E-state index is 2.50. The number of fused-ring (bicyclic) bond motifs is 2. The number of rotatable bonds is 1. The number of hydrogen-bond donors (Lipinski definition) is 0. The van der Waals surface area contributed by atoms with Crippen LogP contribution in [0.1, 0.15) is 26.2 Å². The SMILES string of the molecule is CC1=CC(C2=C[C@H]3CC2CN3C)=CCC1. The summed E-state index contributed by atoms with van der Waals surface area (Å²) in [4.78, 5) is 2.48. The fourth-order valence-corrected chi connectivity index (χ4v) is 3.18. The van der Waals surface area contributed by atoms with Crippen molar-refractivity contribution >= 4 is 0 Å². The highest BCUT2D eigenvalue weighted by Gasteiger charge is 2.37. The van der Waals surface area contributed by atoms with E-state index < -0.39 is 0 Å². The highest BCUT2D eigenvalue weighted by atomic mass is 15.2. The summed E-state index contributed by atoms with van der Waals surface area (Å²) in [5.74, 6) is 0.813. The minimum absolute atomic E-state index is 0.724. The zero-order valence-corrected chi connectivity index (χ0v) is 9.66. The Bertz CT molecular complexity index is 373. The van der Waals surface area contributed by atoms with Crippen molar-refractivity contribution in [2.75, 3.05) is 13.6 Å². The van der Waals surface area contributed by atoms with Crippen LogP contribution in [-0.2, 0) is 0 Å². The number of nitrogens with zero attached hydrogens (tertiary/aromatic N) is 1. The predicted molar refractivity (Wildman–Crippen MR) is 63.7 cm³/mol. The Hall–Kier alpha value is -0.820. The van der Waals surface area contributed by atoms with Gasteiger partial charge >= 0.3 is 0 Å². The van der Waals surface area contributed by atoms with Crippen molar-refractivity contribution < 1.29 is 0 Å². The van der Waals surface area contributed by atoms with Crippen LogP contribution in [0.25, 0.3) is 0 Å². The Balaban J connectivity index is 1.88. The van der Waals surface area contributed by atoms with E-state index in [-0.39, 0.29) is 0 Å². The van der Waals surface area contributed by atoms with Gasteiger partial charge in [-0.1, -0.05) is 23.8 Å². The van der Waals surface area contributed by atoms with Crippen molar-refractivity contribution in [2.45, 2.75) is 32.2 Å². The van der Waals surface area contributed by atoms with Crippen molar-refractivity contribution in [3.05, 3.63) is 34.9 Å². The van der Waals surface area contributed by atoms with E-state index in [1.54, 1.807) is 11.1 Å². The third-order valence-corrected chi connectivity index (χ3v) is 4.05. The summed E-state index contributed by atoms with van der Waals surface area (Å²) in [7, 11) is 2.24. The van der Waals surface area contributed by atoms with Crippen LogP contribution in [0.5, 0.6) is 0 Å². The van der Waals surface area contributed by atoms with Crippen molar-refractivity contribution in [3.63, 3.8) is 0 Å². The van der Waals surface area contributed by atoms with Crippen molar-refractivity contribution in [1.29, 1.82) is 0 Å². The summed E-state index contributed by atoms with van der Waals surface area (Å²) in [6.45, 7) is 3.52. The van der Waals surface area contributed by atoms with Crippen molar-refractivity contribution in [2.24, 2.45) is 5.92 Å². The van der Waals surface area contributed by atoms with Gasteiger partial charge in [0.05, 0.1) is 0 Å². The lowest BCUT2D eigenvalue weighted by Gasteiger charge is -2.23. The van der Waals surface area contributed by atoms with Crippen LogP contribution < -0.4 is 0 Å². The van der Waals surface area contributed by atoms with Crippen LogP contribution in [-0.4, -0.2) is 24.5 Å². The van der Waals surface area contributed by atoms with Gasteiger partial charge in [0.2, 0.25) is 0 Å². The van der Waals surface area contributed by atoms with Crippen LogP contribution >= 0.6 is 0 Å². The number of likely N-dealkylation sites (N-methyl/N-ethyl adjacent to an activating group) is 1. The first-order chi connectivity index (χ1) is 7.24. The predicted octanol–water partition coefficient (Wildman–Crippen LogP) is 2.91. The molecule has 1 heteroatoms. The molecule has 2 bridgehead atoms. The average Bonchev–Trinajstić information content (AvgIpc) is 2.76. The molecule has 0 N–H and O–H groups in total. The maximum Gasteiger partial charge on any atom is 0.0287 e. The minimum Gasteiger partial charge on any atom is -0.299 e. The summed E-state index contributed by atoms with van der Waals surface area (Å²) >= 11 is 0. The van der Waals surface area contributed by atoms with Gasteiger partial charge in [-0.2, -0.15) is 0 Å². The van der Waals surface area contributed by atoms with Gasteiger partial charge in [0, 0.05) is 12.6 Å². The lowest BCUT2D eigenvalue weighted by molar-refractivity contribution is 0.341. The van der Waals surface area contributed by atoms with Gasteiger partial charge in [-0.3, -0.25) is 4.90 Å². The van der Waals surface area contributed by atoms with Crippen LogP contribution in [0.2, 0.25) is 0 Å². The second-order valence-electron chi connectivity index (χ2n) is 5.25. The zero-order chi connectivity index (χ0) is 10.4. The van der Waals surface area contributed by atoms with E-state index in [0.717, 1.165) is 12.0 Å². The third kappa shape index (κ3) is 1.50. The Labute approximate surface area is 92.2 Å². The quantitative estimate of drug-likeness (QED) is 0.630. The zero-order valence-electron chi connectivity index (χ0n) is 9.66. The van der Waals surface area contributed by atoms with E-state index in [1.165, 1.54) is 31.4 Å². The van der Waals surface area contributed by atoms with Crippen LogP contribution in [0, 0.1) is 5.92 Å². The van der Waals surface area contributed by atoms with Crippen molar-refractivity contribution in [1.82, 2.24) is 4.90 Å². The number of likely N-dealkylation sites (tertiary alicyclic amines) is 1. The molecule has 1 nitrogen and oxygen atoms in total. The van der Waals surface area contributed by atoms with Gasteiger partial charge < -0.3 is 0 Å². The fourth-order valence-electron chi connectivity index (χ4n) is 3.18. The Kier molecular flexibility index (Phi) is 2.10. The molecule has 2 aliphatic carbocycles. The Morgan fingerprint density at radius 2 is 2.27 bits per heavy atom. The molecule has 0 saturated carbocycles. The molecule has 3 aliphatic rings. The lowest BCUT2D eigenvalue weighted by Crippen LogP contribution is -2.26. The molecule has 0 aromatic rings. The molecule has 1 heterocycles. The minimum atomic E-state index is 0.724. The smallest absolute Gasteiger partial charge is 0.0287 e. The highest BCUT2D eigenvalue weighted by Crippen LogP contribution is 2.41. The largest absolute Gasteiger partial charge is 0.299 e. The van der Waals surface area contributed by atoms with Crippen molar-refractivity contribution in [3.8, 4) is 0 Å². The van der Waals surface area contributed by atoms with Gasteiger partial charge in [0.25, 0.3) is 0 Å². The molecule has 1 unspecified atom stereocenters. The Morgan fingerprint density at radius 3 is 2.87 bits per heavy atom. The van der Waals surface area contributed by atoms with E-state index in [0.29, 0.717) is 0 Å². The molecule has 3 rings (SSSR count). The van der Waals surface area contributed by atoms with E-state index in [9.17, 15) is 0 Å². The number of hydrogen-bond acceptors (Lipinski definition) is 1. The topological polar surface area (TPSA) is 3.24 Å². The molecule has 1 saturated heterocycles. The molecular formula is C14H19N. The highest BCUT2D eigenvalue weighted by molar-refractivity contribution is 5.48. The van der Waals surface area contributed by atoms with Crippen LogP contribution in [0.15, 0.2) is 34.9 Å². The monoisotopic (exact) mass is 201 g/mol. The average molecular weight is 201 g/mol. The van der Waals surface area contributed by atoms with Gasteiger partial charge in [-0.15, -0.1) is 0 Å². The lowest BCUT2D eigenvalue weighted by atomic mass is 9.89. The molecule has 2 atom stereocenters. The van der Waals surface area contributed by atoms with Gasteiger partial charge in [-0.25, -0.2) is 0 Å². The molecule has 0 aromatic carbocycles. The second kappa shape index (κ2) is 3.34. The van der Waals surface area contributed by atoms with Gasteiger partial charge in [-0.05, 0) is 50.3 Å². The molecule has 80 valence electrons. The second-order valence-corrected chi connectivity index (χ2v) is 5.25. The van der Waals surface area contributed by atoms with E-state index in [4.69, 9.17) is 0 Å². The summed E-state index contributed by atoms with van der Waals surface area (Å²) in [6, 6.07) is 0.724. The molecule has 0 spiro atoms. The fraction of sp³-hybridized carbons (Fsp3) is 0.571. The van der Waals surface area contributed by atoms with Gasteiger partial charge in [0.15, 0.2) is 0 Å². The summed E-state index contributed by atoms with van der Waals surface area (Å²) < 4.78 is 0. The number of allylic oxidation sites excluding steroid dienone is 4. The van der Waals surface area contributed by atoms with Gasteiger partial charge in [0.1, 0.15) is 0 Å². The summed E-state index contributed by atoms with van der Waals surface area (Å²) in [6.07, 6.45) is 11.2. The first-order valence-electron chi connectivity index (χ1n) is 6.03. The van der Waals surface area contributed by atoms with E-state index in [2.05, 4.69) is 37.1 Å². The summed E-state index contributed by atoms with van der Waals surface area (Å²) in [5, 5.41) is 0. The third-order valence-electron chi connectivity index (χ3n) is 4.05.